The van der Waals surface area contributed by atoms with E-state index in [1.165, 1.54) is 0 Å². The van der Waals surface area contributed by atoms with Gasteiger partial charge < -0.3 is 4.90 Å². The van der Waals surface area contributed by atoms with Gasteiger partial charge in [-0.2, -0.15) is 13.2 Å². The number of aromatic nitrogens is 1. The van der Waals surface area contributed by atoms with Gasteiger partial charge >= 0.3 is 12.1 Å². The number of halogens is 5. The highest BCUT2D eigenvalue weighted by atomic mass is 79.9. The molecule has 0 bridgehead atoms. The van der Waals surface area contributed by atoms with E-state index in [1.807, 2.05) is 0 Å². The molecule has 0 saturated heterocycles. The highest BCUT2D eigenvalue weighted by molar-refractivity contribution is 9.10. The second-order valence-corrected chi connectivity index (χ2v) is 5.90. The summed E-state index contributed by atoms with van der Waals surface area (Å²) in [6, 6.07) is 3.37. The molecule has 2 aromatic rings. The van der Waals surface area contributed by atoms with E-state index in [0.717, 1.165) is 15.7 Å². The van der Waals surface area contributed by atoms with Crippen LogP contribution in [0.1, 0.15) is 11.1 Å². The second-order valence-electron chi connectivity index (χ2n) is 4.72. The Labute approximate surface area is 130 Å². The second kappa shape index (κ2) is 4.84. The Morgan fingerprint density at radius 3 is 2.71 bits per heavy atom. The van der Waals surface area contributed by atoms with Crippen LogP contribution in [0, 0.1) is 0 Å². The molecule has 3 nitrogen and oxygen atoms in total. The number of carbonyl (C=O) groups is 1. The lowest BCUT2D eigenvalue weighted by atomic mass is 10.0. The summed E-state index contributed by atoms with van der Waals surface area (Å²) in [5, 5.41) is 1.81. The maximum Gasteiger partial charge on any atom is 0.471 e. The molecule has 0 fully saturated rings. The van der Waals surface area contributed by atoms with E-state index in [0.29, 0.717) is 20.8 Å². The van der Waals surface area contributed by atoms with Gasteiger partial charge in [-0.1, -0.05) is 11.6 Å². The molecule has 21 heavy (non-hydrogen) atoms. The molecule has 110 valence electrons. The first-order valence-electron chi connectivity index (χ1n) is 5.89. The van der Waals surface area contributed by atoms with Gasteiger partial charge in [-0.25, -0.2) is 4.98 Å². The van der Waals surface area contributed by atoms with Crippen molar-refractivity contribution < 1.29 is 18.0 Å². The Bertz CT molecular complexity index is 763. The molecule has 0 saturated carbocycles. The number of nitrogens with zero attached hydrogens (tertiary/aromatic N) is 2. The zero-order chi connectivity index (χ0) is 15.4. The number of carbonyl (C=O) groups excluding carboxylic acids is 1. The van der Waals surface area contributed by atoms with Crippen molar-refractivity contribution in [3.63, 3.8) is 0 Å². The van der Waals surface area contributed by atoms with Crippen LogP contribution in [0.3, 0.4) is 0 Å². The minimum absolute atomic E-state index is 0.0646. The summed E-state index contributed by atoms with van der Waals surface area (Å²) >= 11 is 9.22. The molecule has 0 spiro atoms. The standard InChI is InChI=1S/C13H7BrClF3N2O/c14-11-8-2-10(15)19-3-6(8)1-7-4-20(5-9(7)11)12(21)13(16,17)18/h1-3H,4-5H2. The molecule has 0 atom stereocenters. The zero-order valence-corrected chi connectivity index (χ0v) is 12.7. The van der Waals surface area contributed by atoms with Crippen LogP contribution in [-0.2, 0) is 17.9 Å². The average molecular weight is 380 g/mol. The predicted octanol–water partition coefficient (Wildman–Crippen LogP) is 4.06. The molecule has 0 N–H and O–H groups in total. The first-order valence-corrected chi connectivity index (χ1v) is 7.06. The fourth-order valence-electron chi connectivity index (χ4n) is 2.41. The Balaban J connectivity index is 2.06. The largest absolute Gasteiger partial charge is 0.471 e. The van der Waals surface area contributed by atoms with E-state index in [1.54, 1.807) is 18.3 Å². The van der Waals surface area contributed by atoms with Crippen molar-refractivity contribution in [1.82, 2.24) is 9.88 Å². The van der Waals surface area contributed by atoms with E-state index >= 15 is 0 Å². The first-order chi connectivity index (χ1) is 9.77. The lowest BCUT2D eigenvalue weighted by molar-refractivity contribution is -0.186. The molecular formula is C13H7BrClF3N2O. The van der Waals surface area contributed by atoms with Gasteiger partial charge in [-0.3, -0.25) is 4.79 Å². The van der Waals surface area contributed by atoms with Gasteiger partial charge in [0.15, 0.2) is 0 Å². The predicted molar refractivity (Wildman–Crippen MR) is 74.8 cm³/mol. The van der Waals surface area contributed by atoms with Gasteiger partial charge in [0, 0.05) is 34.5 Å². The van der Waals surface area contributed by atoms with Crippen LogP contribution in [0.5, 0.6) is 0 Å². The van der Waals surface area contributed by atoms with Crippen LogP contribution < -0.4 is 0 Å². The Hall–Kier alpha value is -1.34. The van der Waals surface area contributed by atoms with Crippen LogP contribution >= 0.6 is 27.5 Å². The Morgan fingerprint density at radius 2 is 2.05 bits per heavy atom. The fourth-order valence-corrected chi connectivity index (χ4v) is 3.29. The average Bonchev–Trinajstić information content (AvgIpc) is 2.82. The van der Waals surface area contributed by atoms with E-state index in [2.05, 4.69) is 20.9 Å². The summed E-state index contributed by atoms with van der Waals surface area (Å²) in [7, 11) is 0. The number of pyridine rings is 1. The third-order valence-corrected chi connectivity index (χ3v) is 4.47. The normalized spacial score (nSPS) is 14.6. The van der Waals surface area contributed by atoms with Crippen LogP contribution in [0.25, 0.3) is 10.8 Å². The molecule has 1 aliphatic rings. The number of hydrogen-bond donors (Lipinski definition) is 0. The van der Waals surface area contributed by atoms with Crippen LogP contribution in [0.15, 0.2) is 22.8 Å². The highest BCUT2D eigenvalue weighted by Gasteiger charge is 2.44. The molecule has 1 amide bonds. The number of amides is 1. The number of fused-ring (bicyclic) bond motifs is 2. The SMILES string of the molecule is O=C(N1Cc2cc3cnc(Cl)cc3c(Br)c2C1)C(F)(F)F. The molecule has 8 heteroatoms. The molecule has 1 aromatic carbocycles. The van der Waals surface area contributed by atoms with Crippen molar-refractivity contribution in [2.24, 2.45) is 0 Å². The number of alkyl halides is 3. The molecule has 1 aromatic heterocycles. The summed E-state index contributed by atoms with van der Waals surface area (Å²) in [4.78, 5) is 16.1. The fraction of sp³-hybridized carbons (Fsp3) is 0.231. The zero-order valence-electron chi connectivity index (χ0n) is 10.3. The molecule has 0 radical (unpaired) electrons. The topological polar surface area (TPSA) is 33.2 Å². The lowest BCUT2D eigenvalue weighted by Gasteiger charge is -2.16. The van der Waals surface area contributed by atoms with Crippen molar-refractivity contribution in [2.45, 2.75) is 19.3 Å². The van der Waals surface area contributed by atoms with Crippen LogP contribution in [-0.4, -0.2) is 22.0 Å². The van der Waals surface area contributed by atoms with E-state index in [4.69, 9.17) is 11.6 Å². The number of hydrogen-bond acceptors (Lipinski definition) is 2. The lowest BCUT2D eigenvalue weighted by Crippen LogP contribution is -2.37. The summed E-state index contributed by atoms with van der Waals surface area (Å²) < 4.78 is 38.2. The Morgan fingerprint density at radius 1 is 1.33 bits per heavy atom. The maximum atomic E-state index is 12.5. The Kier molecular flexibility index (Phi) is 3.37. The highest BCUT2D eigenvalue weighted by Crippen LogP contribution is 2.37. The van der Waals surface area contributed by atoms with Gasteiger partial charge in [-0.05, 0) is 39.2 Å². The number of rotatable bonds is 0. The third-order valence-electron chi connectivity index (χ3n) is 3.36. The van der Waals surface area contributed by atoms with Crippen molar-refractivity contribution in [1.29, 1.82) is 0 Å². The van der Waals surface area contributed by atoms with Crippen molar-refractivity contribution >= 4 is 44.2 Å². The summed E-state index contributed by atoms with van der Waals surface area (Å²) in [6.07, 6.45) is -3.31. The quantitative estimate of drug-likeness (QED) is 0.647. The molecule has 2 heterocycles. The van der Waals surface area contributed by atoms with Crippen LogP contribution in [0.2, 0.25) is 5.15 Å². The van der Waals surface area contributed by atoms with E-state index in [9.17, 15) is 18.0 Å². The summed E-state index contributed by atoms with van der Waals surface area (Å²) in [5.41, 5.74) is 1.35. The van der Waals surface area contributed by atoms with Gasteiger partial charge in [-0.15, -0.1) is 0 Å². The monoisotopic (exact) mass is 378 g/mol. The maximum absolute atomic E-state index is 12.5. The molecule has 0 unspecified atom stereocenters. The van der Waals surface area contributed by atoms with Crippen molar-refractivity contribution in [3.05, 3.63) is 39.1 Å². The third kappa shape index (κ3) is 2.48. The smallest absolute Gasteiger partial charge is 0.326 e. The molecular weight excluding hydrogens is 373 g/mol. The van der Waals surface area contributed by atoms with E-state index in [-0.39, 0.29) is 13.1 Å². The minimum Gasteiger partial charge on any atom is -0.326 e. The summed E-state index contributed by atoms with van der Waals surface area (Å²) in [5.74, 6) is -1.83. The van der Waals surface area contributed by atoms with Crippen LogP contribution in [0.4, 0.5) is 13.2 Å². The summed E-state index contributed by atoms with van der Waals surface area (Å²) in [6.45, 7) is -0.144. The van der Waals surface area contributed by atoms with Gasteiger partial charge in [0.1, 0.15) is 5.15 Å². The van der Waals surface area contributed by atoms with Gasteiger partial charge in [0.05, 0.1) is 0 Å². The first kappa shape index (κ1) is 14.6. The molecule has 1 aliphatic heterocycles. The van der Waals surface area contributed by atoms with Crippen molar-refractivity contribution in [2.75, 3.05) is 0 Å². The number of benzene rings is 1. The minimum atomic E-state index is -4.86. The molecule has 3 rings (SSSR count). The van der Waals surface area contributed by atoms with Crippen molar-refractivity contribution in [3.8, 4) is 0 Å². The van der Waals surface area contributed by atoms with Gasteiger partial charge in [0.2, 0.25) is 0 Å². The van der Waals surface area contributed by atoms with Gasteiger partial charge in [0.25, 0.3) is 0 Å². The van der Waals surface area contributed by atoms with E-state index < -0.39 is 12.1 Å². The molecule has 0 aliphatic carbocycles.